The first-order valence-electron chi connectivity index (χ1n) is 8.44. The Bertz CT molecular complexity index is 232. The molecule has 0 heterocycles. The smallest absolute Gasteiger partial charge is 0.0648 e. The second kappa shape index (κ2) is 6.93. The molecule has 2 aliphatic carbocycles. The van der Waals surface area contributed by atoms with E-state index in [0.717, 1.165) is 31.1 Å². The topological polar surface area (TPSA) is 20.2 Å². The third-order valence-corrected chi connectivity index (χ3v) is 5.46. The summed E-state index contributed by atoms with van der Waals surface area (Å²) in [6.45, 7) is 2.29. The molecule has 1 N–H and O–H groups in total. The zero-order chi connectivity index (χ0) is 12.8. The lowest BCUT2D eigenvalue weighted by Gasteiger charge is -2.28. The summed E-state index contributed by atoms with van der Waals surface area (Å²) in [5.41, 5.74) is -0.301. The van der Waals surface area contributed by atoms with E-state index in [1.807, 2.05) is 0 Å². The Morgan fingerprint density at radius 3 is 2.28 bits per heavy atom. The van der Waals surface area contributed by atoms with Crippen molar-refractivity contribution >= 4 is 0 Å². The summed E-state index contributed by atoms with van der Waals surface area (Å²) in [7, 11) is 0. The van der Waals surface area contributed by atoms with Gasteiger partial charge in [0.1, 0.15) is 0 Å². The second-order valence-corrected chi connectivity index (χ2v) is 7.00. The normalized spacial score (nSPS) is 34.7. The summed E-state index contributed by atoms with van der Waals surface area (Å²) in [6.07, 6.45) is 16.8. The number of rotatable bonds is 5. The van der Waals surface area contributed by atoms with Gasteiger partial charge in [0.2, 0.25) is 0 Å². The molecule has 2 unspecified atom stereocenters. The van der Waals surface area contributed by atoms with Crippen LogP contribution >= 0.6 is 0 Å². The van der Waals surface area contributed by atoms with Crippen LogP contribution < -0.4 is 0 Å². The minimum Gasteiger partial charge on any atom is -0.390 e. The average Bonchev–Trinajstić information content (AvgIpc) is 2.81. The van der Waals surface area contributed by atoms with E-state index >= 15 is 0 Å². The highest BCUT2D eigenvalue weighted by atomic mass is 16.3. The molecule has 0 bridgehead atoms. The molecular weight excluding hydrogens is 220 g/mol. The summed E-state index contributed by atoms with van der Waals surface area (Å²) < 4.78 is 0. The Kier molecular flexibility index (Phi) is 5.54. The van der Waals surface area contributed by atoms with Gasteiger partial charge < -0.3 is 5.11 Å². The van der Waals surface area contributed by atoms with Crippen molar-refractivity contribution in [1.82, 2.24) is 0 Å². The van der Waals surface area contributed by atoms with Gasteiger partial charge in [-0.25, -0.2) is 0 Å². The van der Waals surface area contributed by atoms with E-state index in [-0.39, 0.29) is 5.60 Å². The maximum absolute atomic E-state index is 10.8. The van der Waals surface area contributed by atoms with E-state index in [4.69, 9.17) is 0 Å². The molecule has 0 saturated heterocycles. The highest BCUT2D eigenvalue weighted by molar-refractivity contribution is 4.84. The molecule has 1 heteroatoms. The van der Waals surface area contributed by atoms with E-state index < -0.39 is 0 Å². The predicted molar refractivity (Wildman–Crippen MR) is 77.6 cm³/mol. The minimum atomic E-state index is -0.301. The fraction of sp³-hybridized carbons (Fsp3) is 1.00. The van der Waals surface area contributed by atoms with Gasteiger partial charge in [0.05, 0.1) is 5.60 Å². The summed E-state index contributed by atoms with van der Waals surface area (Å²) in [6, 6.07) is 0. The van der Waals surface area contributed by atoms with Gasteiger partial charge >= 0.3 is 0 Å². The lowest BCUT2D eigenvalue weighted by atomic mass is 9.85. The Morgan fingerprint density at radius 2 is 1.56 bits per heavy atom. The van der Waals surface area contributed by atoms with Crippen molar-refractivity contribution in [2.75, 3.05) is 0 Å². The van der Waals surface area contributed by atoms with Crippen LogP contribution in [0.4, 0.5) is 0 Å². The molecule has 0 amide bonds. The van der Waals surface area contributed by atoms with Crippen LogP contribution in [0.1, 0.15) is 90.4 Å². The molecule has 2 aliphatic rings. The Morgan fingerprint density at radius 1 is 0.889 bits per heavy atom. The maximum atomic E-state index is 10.8. The van der Waals surface area contributed by atoms with Crippen molar-refractivity contribution in [3.63, 3.8) is 0 Å². The SMILES string of the molecule is CCCC1CCCC(O)(CCC2CCCC2)CC1. The highest BCUT2D eigenvalue weighted by Gasteiger charge is 2.31. The van der Waals surface area contributed by atoms with Crippen LogP contribution in [0.15, 0.2) is 0 Å². The maximum Gasteiger partial charge on any atom is 0.0648 e. The van der Waals surface area contributed by atoms with Crippen molar-refractivity contribution < 1.29 is 5.11 Å². The number of aliphatic hydroxyl groups is 1. The molecule has 2 fully saturated rings. The summed E-state index contributed by atoms with van der Waals surface area (Å²) in [4.78, 5) is 0. The third kappa shape index (κ3) is 4.26. The van der Waals surface area contributed by atoms with Crippen LogP contribution in [0, 0.1) is 11.8 Å². The molecule has 1 nitrogen and oxygen atoms in total. The van der Waals surface area contributed by atoms with E-state index in [1.54, 1.807) is 0 Å². The fourth-order valence-corrected chi connectivity index (χ4v) is 4.18. The van der Waals surface area contributed by atoms with Gasteiger partial charge in [-0.15, -0.1) is 0 Å². The second-order valence-electron chi connectivity index (χ2n) is 7.00. The summed E-state index contributed by atoms with van der Waals surface area (Å²) in [5, 5.41) is 10.8. The minimum absolute atomic E-state index is 0.301. The molecule has 2 rings (SSSR count). The van der Waals surface area contributed by atoms with Gasteiger partial charge in [-0.3, -0.25) is 0 Å². The van der Waals surface area contributed by atoms with Gasteiger partial charge in [0.25, 0.3) is 0 Å². The van der Waals surface area contributed by atoms with Gasteiger partial charge in [-0.2, -0.15) is 0 Å². The molecule has 0 aromatic carbocycles. The van der Waals surface area contributed by atoms with Gasteiger partial charge in [-0.1, -0.05) is 58.3 Å². The van der Waals surface area contributed by atoms with E-state index in [9.17, 15) is 5.11 Å². The molecule has 0 aromatic rings. The van der Waals surface area contributed by atoms with Crippen molar-refractivity contribution in [3.8, 4) is 0 Å². The number of hydrogen-bond donors (Lipinski definition) is 1. The Labute approximate surface area is 113 Å². The van der Waals surface area contributed by atoms with Gasteiger partial charge in [0.15, 0.2) is 0 Å². The fourth-order valence-electron chi connectivity index (χ4n) is 4.18. The van der Waals surface area contributed by atoms with Crippen LogP contribution in [0.2, 0.25) is 0 Å². The summed E-state index contributed by atoms with van der Waals surface area (Å²) in [5.74, 6) is 1.83. The van der Waals surface area contributed by atoms with E-state index in [1.165, 1.54) is 64.2 Å². The standard InChI is InChI=1S/C17H32O/c1-2-6-15-9-5-12-17(18,13-10-15)14-11-16-7-3-4-8-16/h15-16,18H,2-14H2,1H3. The van der Waals surface area contributed by atoms with Crippen LogP contribution in [-0.4, -0.2) is 10.7 Å². The summed E-state index contributed by atoms with van der Waals surface area (Å²) >= 11 is 0. The highest BCUT2D eigenvalue weighted by Crippen LogP contribution is 2.38. The van der Waals surface area contributed by atoms with E-state index in [0.29, 0.717) is 0 Å². The quantitative estimate of drug-likeness (QED) is 0.677. The monoisotopic (exact) mass is 252 g/mol. The average molecular weight is 252 g/mol. The first-order chi connectivity index (χ1) is 8.72. The van der Waals surface area contributed by atoms with Crippen molar-refractivity contribution in [2.24, 2.45) is 11.8 Å². The van der Waals surface area contributed by atoms with Gasteiger partial charge in [-0.05, 0) is 43.9 Å². The van der Waals surface area contributed by atoms with Crippen molar-refractivity contribution in [1.29, 1.82) is 0 Å². The molecule has 0 aliphatic heterocycles. The van der Waals surface area contributed by atoms with Crippen LogP contribution in [0.25, 0.3) is 0 Å². The van der Waals surface area contributed by atoms with Gasteiger partial charge in [0, 0.05) is 0 Å². The Hall–Kier alpha value is -0.0400. The molecular formula is C17H32O. The molecule has 0 spiro atoms. The van der Waals surface area contributed by atoms with Crippen LogP contribution in [0.3, 0.4) is 0 Å². The van der Waals surface area contributed by atoms with Crippen molar-refractivity contribution in [2.45, 2.75) is 96.0 Å². The lowest BCUT2D eigenvalue weighted by Crippen LogP contribution is -2.28. The molecule has 18 heavy (non-hydrogen) atoms. The first kappa shape index (κ1) is 14.4. The largest absolute Gasteiger partial charge is 0.390 e. The zero-order valence-electron chi connectivity index (χ0n) is 12.3. The zero-order valence-corrected chi connectivity index (χ0v) is 12.3. The first-order valence-corrected chi connectivity index (χ1v) is 8.44. The third-order valence-electron chi connectivity index (χ3n) is 5.46. The molecule has 0 aromatic heterocycles. The van der Waals surface area contributed by atoms with E-state index in [2.05, 4.69) is 6.92 Å². The number of hydrogen-bond acceptors (Lipinski definition) is 1. The molecule has 106 valence electrons. The lowest BCUT2D eigenvalue weighted by molar-refractivity contribution is 0.00969. The van der Waals surface area contributed by atoms with Crippen molar-refractivity contribution in [3.05, 3.63) is 0 Å². The molecule has 2 saturated carbocycles. The molecule has 2 atom stereocenters. The van der Waals surface area contributed by atoms with Crippen LogP contribution in [0.5, 0.6) is 0 Å². The van der Waals surface area contributed by atoms with Crippen LogP contribution in [-0.2, 0) is 0 Å². The Balaban J connectivity index is 1.75. The molecule has 0 radical (unpaired) electrons. The predicted octanol–water partition coefficient (Wildman–Crippen LogP) is 5.07.